The lowest BCUT2D eigenvalue weighted by Gasteiger charge is -2.21. The molecule has 0 N–H and O–H groups in total. The fourth-order valence-electron chi connectivity index (χ4n) is 7.50. The van der Waals surface area contributed by atoms with Gasteiger partial charge < -0.3 is 0 Å². The smallest absolute Gasteiger partial charge is 0.164 e. The third-order valence-electron chi connectivity index (χ3n) is 10.2. The van der Waals surface area contributed by atoms with E-state index in [1.54, 1.807) is 0 Å². The normalized spacial score (nSPS) is 12.7. The van der Waals surface area contributed by atoms with Gasteiger partial charge in [-0.15, -0.1) is 0 Å². The molecule has 51 heavy (non-hydrogen) atoms. The number of fused-ring (bicyclic) bond motifs is 3. The van der Waals surface area contributed by atoms with Gasteiger partial charge in [0.25, 0.3) is 0 Å². The number of hydrogen-bond donors (Lipinski definition) is 0. The van der Waals surface area contributed by atoms with E-state index in [9.17, 15) is 0 Å². The van der Waals surface area contributed by atoms with Crippen LogP contribution in [-0.4, -0.2) is 15.0 Å². The molecule has 8 aromatic rings. The first kappa shape index (κ1) is 30.6. The van der Waals surface area contributed by atoms with E-state index in [0.29, 0.717) is 17.5 Å². The summed E-state index contributed by atoms with van der Waals surface area (Å²) in [5.74, 6) is 1.95. The zero-order valence-corrected chi connectivity index (χ0v) is 28.6. The zero-order valence-electron chi connectivity index (χ0n) is 28.6. The molecule has 0 spiro atoms. The summed E-state index contributed by atoms with van der Waals surface area (Å²) in [5, 5.41) is 0. The maximum absolute atomic E-state index is 5.00. The fraction of sp³-hybridized carbons (Fsp3) is 0.0625. The van der Waals surface area contributed by atoms with Crippen LogP contribution in [0.3, 0.4) is 0 Å². The van der Waals surface area contributed by atoms with Gasteiger partial charge in [-0.2, -0.15) is 0 Å². The molecule has 0 saturated heterocycles. The van der Waals surface area contributed by atoms with E-state index in [2.05, 4.69) is 129 Å². The standard InChI is InChI=1S/C48H35N3/c1-48(2)43-24-13-12-23-40(43)42-31-36(26-28-44(42)48)35-25-27-39(41(30-35)32-15-6-3-7-16-32)37-21-14-22-38(29-37)47-50-45(33-17-8-4-9-18-33)49-46(51-47)34-19-10-5-11-20-34/h3-31H,1-2H3. The monoisotopic (exact) mass is 653 g/mol. The number of nitrogens with zero attached hydrogens (tertiary/aromatic N) is 3. The van der Waals surface area contributed by atoms with Crippen LogP contribution in [0.4, 0.5) is 0 Å². The van der Waals surface area contributed by atoms with Gasteiger partial charge >= 0.3 is 0 Å². The maximum atomic E-state index is 5.00. The predicted octanol–water partition coefficient (Wildman–Crippen LogP) is 12.2. The molecule has 0 unspecified atom stereocenters. The third kappa shape index (κ3) is 5.53. The molecule has 9 rings (SSSR count). The number of benzene rings is 7. The summed E-state index contributed by atoms with van der Waals surface area (Å²) in [7, 11) is 0. The quantitative estimate of drug-likeness (QED) is 0.179. The summed E-state index contributed by atoms with van der Waals surface area (Å²) in [6, 6.07) is 62.1. The average Bonchev–Trinajstić information content (AvgIpc) is 3.44. The van der Waals surface area contributed by atoms with Crippen molar-refractivity contribution in [1.29, 1.82) is 0 Å². The van der Waals surface area contributed by atoms with Crippen LogP contribution in [0.1, 0.15) is 25.0 Å². The van der Waals surface area contributed by atoms with E-state index in [1.807, 2.05) is 60.7 Å². The molecule has 0 aliphatic heterocycles. The predicted molar refractivity (Wildman–Crippen MR) is 210 cm³/mol. The minimum atomic E-state index is -0.0171. The van der Waals surface area contributed by atoms with E-state index in [4.69, 9.17) is 15.0 Å². The lowest BCUT2D eigenvalue weighted by molar-refractivity contribution is 0.660. The highest BCUT2D eigenvalue weighted by atomic mass is 15.0. The maximum Gasteiger partial charge on any atom is 0.164 e. The Bertz CT molecular complexity index is 2480. The molecule has 1 heterocycles. The number of aromatic nitrogens is 3. The molecule has 1 aromatic heterocycles. The summed E-state index contributed by atoms with van der Waals surface area (Å²) in [6.45, 7) is 4.66. The van der Waals surface area contributed by atoms with Gasteiger partial charge in [-0.25, -0.2) is 15.0 Å². The van der Waals surface area contributed by atoms with Crippen LogP contribution in [0.5, 0.6) is 0 Å². The Morgan fingerprint density at radius 1 is 0.294 bits per heavy atom. The first-order valence-electron chi connectivity index (χ1n) is 17.4. The van der Waals surface area contributed by atoms with Crippen molar-refractivity contribution in [3.63, 3.8) is 0 Å². The fourth-order valence-corrected chi connectivity index (χ4v) is 7.50. The van der Waals surface area contributed by atoms with Crippen LogP contribution in [0.15, 0.2) is 176 Å². The largest absolute Gasteiger partial charge is 0.208 e. The highest BCUT2D eigenvalue weighted by molar-refractivity contribution is 5.90. The van der Waals surface area contributed by atoms with Crippen molar-refractivity contribution >= 4 is 0 Å². The van der Waals surface area contributed by atoms with E-state index >= 15 is 0 Å². The van der Waals surface area contributed by atoms with Gasteiger partial charge in [-0.1, -0.05) is 172 Å². The van der Waals surface area contributed by atoms with Gasteiger partial charge in [0, 0.05) is 22.1 Å². The first-order chi connectivity index (χ1) is 25.0. The second-order valence-corrected chi connectivity index (χ2v) is 13.7. The van der Waals surface area contributed by atoms with Gasteiger partial charge in [-0.05, 0) is 73.8 Å². The summed E-state index contributed by atoms with van der Waals surface area (Å²) in [5.41, 5.74) is 15.3. The minimum Gasteiger partial charge on any atom is -0.208 e. The average molecular weight is 654 g/mol. The summed E-state index contributed by atoms with van der Waals surface area (Å²) in [4.78, 5) is 14.9. The van der Waals surface area contributed by atoms with Crippen LogP contribution >= 0.6 is 0 Å². The van der Waals surface area contributed by atoms with E-state index in [-0.39, 0.29) is 5.41 Å². The Morgan fingerprint density at radius 2 is 0.765 bits per heavy atom. The first-order valence-corrected chi connectivity index (χ1v) is 17.4. The summed E-state index contributed by atoms with van der Waals surface area (Å²) in [6.07, 6.45) is 0. The topological polar surface area (TPSA) is 38.7 Å². The highest BCUT2D eigenvalue weighted by Gasteiger charge is 2.35. The van der Waals surface area contributed by atoms with E-state index < -0.39 is 0 Å². The van der Waals surface area contributed by atoms with E-state index in [0.717, 1.165) is 27.8 Å². The number of rotatable bonds is 6. The molecule has 0 atom stereocenters. The van der Waals surface area contributed by atoms with E-state index in [1.165, 1.54) is 44.5 Å². The Balaban J connectivity index is 1.16. The summed E-state index contributed by atoms with van der Waals surface area (Å²) < 4.78 is 0. The van der Waals surface area contributed by atoms with Gasteiger partial charge in [0.1, 0.15) is 0 Å². The molecule has 0 amide bonds. The minimum absolute atomic E-state index is 0.0171. The van der Waals surface area contributed by atoms with Crippen LogP contribution in [-0.2, 0) is 5.41 Å². The molecular weight excluding hydrogens is 619 g/mol. The number of hydrogen-bond acceptors (Lipinski definition) is 3. The van der Waals surface area contributed by atoms with Gasteiger partial charge in [0.15, 0.2) is 17.5 Å². The molecule has 1 aliphatic rings. The van der Waals surface area contributed by atoms with Crippen LogP contribution in [0, 0.1) is 0 Å². The molecule has 0 fully saturated rings. The van der Waals surface area contributed by atoms with Crippen molar-refractivity contribution in [2.24, 2.45) is 0 Å². The molecule has 7 aromatic carbocycles. The molecule has 1 aliphatic carbocycles. The van der Waals surface area contributed by atoms with Crippen molar-refractivity contribution in [3.05, 3.63) is 187 Å². The molecule has 0 bridgehead atoms. The van der Waals surface area contributed by atoms with Crippen LogP contribution in [0.2, 0.25) is 0 Å². The third-order valence-corrected chi connectivity index (χ3v) is 10.2. The Labute approximate surface area is 299 Å². The van der Waals surface area contributed by atoms with Crippen molar-refractivity contribution in [2.45, 2.75) is 19.3 Å². The lowest BCUT2D eigenvalue weighted by atomic mass is 9.82. The molecule has 3 nitrogen and oxygen atoms in total. The zero-order chi connectivity index (χ0) is 34.4. The van der Waals surface area contributed by atoms with Gasteiger partial charge in [-0.3, -0.25) is 0 Å². The molecule has 242 valence electrons. The highest BCUT2D eigenvalue weighted by Crippen LogP contribution is 2.49. The van der Waals surface area contributed by atoms with Gasteiger partial charge in [0.05, 0.1) is 0 Å². The second kappa shape index (κ2) is 12.5. The molecule has 0 radical (unpaired) electrons. The second-order valence-electron chi connectivity index (χ2n) is 13.7. The van der Waals surface area contributed by atoms with Crippen LogP contribution in [0.25, 0.3) is 78.7 Å². The van der Waals surface area contributed by atoms with Crippen LogP contribution < -0.4 is 0 Å². The molecule has 3 heteroatoms. The van der Waals surface area contributed by atoms with Crippen molar-refractivity contribution in [1.82, 2.24) is 15.0 Å². The van der Waals surface area contributed by atoms with Crippen molar-refractivity contribution in [3.8, 4) is 78.7 Å². The Morgan fingerprint density at radius 3 is 1.41 bits per heavy atom. The molecule has 0 saturated carbocycles. The lowest BCUT2D eigenvalue weighted by Crippen LogP contribution is -2.14. The Kier molecular flexibility index (Phi) is 7.48. The SMILES string of the molecule is CC1(C)c2ccccc2-c2cc(-c3ccc(-c4cccc(-c5nc(-c6ccccc6)nc(-c6ccccc6)n5)c4)c(-c4ccccc4)c3)ccc21. The Hall–Kier alpha value is -6.45. The van der Waals surface area contributed by atoms with Crippen molar-refractivity contribution < 1.29 is 0 Å². The van der Waals surface area contributed by atoms with Crippen molar-refractivity contribution in [2.75, 3.05) is 0 Å². The summed E-state index contributed by atoms with van der Waals surface area (Å²) >= 11 is 0. The van der Waals surface area contributed by atoms with Gasteiger partial charge in [0.2, 0.25) is 0 Å². The molecular formula is C48H35N3.